The van der Waals surface area contributed by atoms with E-state index in [1.54, 1.807) is 93.8 Å². The van der Waals surface area contributed by atoms with E-state index in [1.807, 2.05) is 59.0 Å². The van der Waals surface area contributed by atoms with Crippen molar-refractivity contribution in [2.24, 2.45) is 14.1 Å². The first-order valence-corrected chi connectivity index (χ1v) is 52.0. The van der Waals surface area contributed by atoms with Crippen molar-refractivity contribution in [3.8, 4) is 11.4 Å². The Labute approximate surface area is 861 Å². The zero-order chi connectivity index (χ0) is 102. The number of hydrogen-bond acceptors (Lipinski definition) is 14. The summed E-state index contributed by atoms with van der Waals surface area (Å²) in [4.78, 5) is 61.2. The maximum Gasteiger partial charge on any atom is 1.00 e. The third-order valence-corrected chi connectivity index (χ3v) is 20.6. The summed E-state index contributed by atoms with van der Waals surface area (Å²) in [5.41, 5.74) is 13.1. The number of Topliss-reactive ketones (excluding diaryl/α,β-unsaturated/α-hetero) is 1. The number of anilines is 6. The van der Waals surface area contributed by atoms with Gasteiger partial charge in [0.1, 0.15) is 34.8 Å². The van der Waals surface area contributed by atoms with E-state index < -0.39 is 81.0 Å². The van der Waals surface area contributed by atoms with Crippen LogP contribution in [0.4, 0.5) is 98.2 Å². The van der Waals surface area contributed by atoms with Crippen LogP contribution in [0.2, 0.25) is 0 Å². The van der Waals surface area contributed by atoms with Crippen molar-refractivity contribution in [1.82, 2.24) is 28.2 Å². The summed E-state index contributed by atoms with van der Waals surface area (Å²) < 4.78 is 176. The van der Waals surface area contributed by atoms with E-state index in [0.717, 1.165) is 75.3 Å². The number of para-hydroxylation sites is 2. The number of aromatic amines is 2. The van der Waals surface area contributed by atoms with Crippen LogP contribution >= 0.6 is 104 Å². The van der Waals surface area contributed by atoms with Crippen LogP contribution in [0.25, 0.3) is 55.2 Å². The number of imidazole rings is 2. The van der Waals surface area contributed by atoms with Gasteiger partial charge in [0, 0.05) is 122 Å². The Balaban J connectivity index is 0.000000286. The number of aromatic nitrogens is 6. The number of halogens is 19. The predicted octanol–water partition coefficient (Wildman–Crippen LogP) is 24.4. The minimum atomic E-state index is -5.05. The number of carbonyl (C=O) groups is 1. The van der Waals surface area contributed by atoms with Gasteiger partial charge in [0.15, 0.2) is 0 Å². The number of aliphatic hydroxyl groups excluding tert-OH is 1. The average Bonchev–Trinajstić information content (AvgIpc) is 1.60. The van der Waals surface area contributed by atoms with Gasteiger partial charge in [-0.1, -0.05) is 142 Å². The van der Waals surface area contributed by atoms with Crippen LogP contribution in [0, 0.1) is 62.1 Å². The maximum atomic E-state index is 14.4. The quantitative estimate of drug-likeness (QED) is 0.00649. The Hall–Kier alpha value is -10.4. The number of rotatable bonds is 12. The molecule has 5 heterocycles. The zero-order valence-corrected chi connectivity index (χ0v) is 86.4. The number of fused-ring (bicyclic) bond motifs is 4. The van der Waals surface area contributed by atoms with Crippen molar-refractivity contribution in [1.29, 1.82) is 0 Å². The van der Waals surface area contributed by atoms with Gasteiger partial charge >= 0.3 is 85.0 Å². The number of alkyl halides is 7. The molecule has 0 aliphatic carbocycles. The van der Waals surface area contributed by atoms with E-state index in [4.69, 9.17) is 40.5 Å². The van der Waals surface area contributed by atoms with Crippen LogP contribution in [0.15, 0.2) is 301 Å². The molecule has 0 saturated carbocycles. The monoisotopic (exact) mass is 2420 g/mol. The number of hydrogen-bond donors (Lipinski definition) is 8. The molecule has 1 saturated heterocycles. The van der Waals surface area contributed by atoms with E-state index in [0.29, 0.717) is 64.4 Å². The Bertz CT molecular complexity index is 6730. The number of nitro benzene ring substituents is 2. The second kappa shape index (κ2) is 58.0. The van der Waals surface area contributed by atoms with Crippen LogP contribution in [-0.4, -0.2) is 110 Å². The molecule has 1 unspecified atom stereocenters. The summed E-state index contributed by atoms with van der Waals surface area (Å²) in [5.74, 6) is -4.30. The van der Waals surface area contributed by atoms with Crippen LogP contribution < -0.4 is 52.3 Å². The van der Waals surface area contributed by atoms with E-state index in [1.165, 1.54) is 177 Å². The van der Waals surface area contributed by atoms with Gasteiger partial charge in [-0.25, -0.2) is 31.5 Å². The number of ether oxygens (including phenoxy) is 1. The molecule has 1 fully saturated rings. The van der Waals surface area contributed by atoms with Gasteiger partial charge in [-0.2, -0.15) is 37.2 Å². The van der Waals surface area contributed by atoms with Crippen LogP contribution in [-0.2, 0) is 24.4 Å². The first kappa shape index (κ1) is 116. The Kier molecular flexibility index (Phi) is 48.9. The van der Waals surface area contributed by atoms with Crippen molar-refractivity contribution in [2.75, 3.05) is 46.8 Å². The fourth-order valence-electron chi connectivity index (χ4n) is 12.3. The molecule has 1 aliphatic rings. The fourth-order valence-corrected chi connectivity index (χ4v) is 13.7. The van der Waals surface area contributed by atoms with Crippen LogP contribution in [0.3, 0.4) is 0 Å². The molecule has 1 aliphatic heterocycles. The van der Waals surface area contributed by atoms with Gasteiger partial charge in [0.25, 0.3) is 11.5 Å². The zero-order valence-electron chi connectivity index (χ0n) is 74.5. The molecule has 4 aromatic heterocycles. The standard InChI is InChI=1S/C24H17F4N3O2.C13H8BrFN2O.C12H8BrFN2O2.C12H10BrFN2.C11H8F3NO.C6H3BrFNO2.C6H6FN.C4H8O.C4H9.C2H6O.CH3I.2ClH.Li.Sn/c1-30-13-18(17-4-2-3-5-20(17)30)23(33,24(26,27)28)14-6-11-21-19(12-14)29-22(32)31(21)16-9-7-15(25)8-10-16;14-8-1-6-12-11(7-8)16-13(18)17(12)10-4-2-9(15)3-5-10;13-8-1-6-11(12(7-8)16(17)18)15-10-4-2-9(14)3-5-10;13-8-1-6-12(11(15)7-8)16-10-4-2-9(14)3-5-10;1-15-6-8(10(16)11(12,13)14)7-4-2-3-5-9(7)15;7-4-1-2-5(8)6(3-4)9(10)11;7-5-1-3-6(8)4-2-5;1-2-4-5-3-1;1-3-4-2;1-2-3;1-2;;;;/h2-13,33H,1H3,(H,29,32);1-7H,(H,16,18);1-7,15H;1-7,16H,15H2;2-6H,1H3;1-3H;1-4H,8H2;1-4H2;1,3-4H2,2H3;3H,2H2,1H3;1H3;2*1H;;/q;;;;;;;;-1;;;;;+1;+2/p-2/i;;;;;;;;;;1D;;;;. The first-order chi connectivity index (χ1) is 65.4. The summed E-state index contributed by atoms with van der Waals surface area (Å²) in [6, 6.07) is 64.3. The first-order valence-electron chi connectivity index (χ1n) is 40.8. The number of nitrogen functional groups attached to an aromatic ring is 2. The largest absolute Gasteiger partial charge is 1.00 e. The van der Waals surface area contributed by atoms with E-state index in [-0.39, 0.29) is 87.7 Å². The third-order valence-electron chi connectivity index (χ3n) is 18.6. The summed E-state index contributed by atoms with van der Waals surface area (Å²) >= 11 is 14.0. The Morgan fingerprint density at radius 2 is 0.928 bits per heavy atom. The number of nitrogens with two attached hydrogens (primary N) is 2. The van der Waals surface area contributed by atoms with Crippen molar-refractivity contribution < 1.29 is 103 Å². The summed E-state index contributed by atoms with van der Waals surface area (Å²) in [6.45, 7) is 9.65. The number of aryl methyl sites for hydroxylation is 2. The number of nitrogens with one attached hydrogen (secondary N) is 4. The molecule has 0 amide bonds. The Morgan fingerprint density at radius 1 is 0.558 bits per heavy atom. The second-order valence-electron chi connectivity index (χ2n) is 28.1. The molecule has 0 spiro atoms. The topological polar surface area (TPSA) is 315 Å². The van der Waals surface area contributed by atoms with Gasteiger partial charge in [-0.3, -0.25) is 34.2 Å². The van der Waals surface area contributed by atoms with E-state index in [2.05, 4.69) is 98.2 Å². The molecule has 16 aromatic rings. The molecule has 2 radical (unpaired) electrons. The van der Waals surface area contributed by atoms with E-state index >= 15 is 0 Å². The number of benzene rings is 12. The molecular weight excluding hydrogens is 2340 g/mol. The van der Waals surface area contributed by atoms with E-state index in [9.17, 15) is 92.4 Å². The number of carbonyl (C=O) groups excluding carboxylic acids is 1. The molecule has 1 atom stereocenters. The van der Waals surface area contributed by atoms with Crippen molar-refractivity contribution in [3.63, 3.8) is 0 Å². The minimum absolute atomic E-state index is 0. The number of H-pyrrole nitrogens is 2. The molecule has 12 aromatic carbocycles. The SMILES string of the molecule is C1CCOC1.CCO.Cn1cc(C(=O)C(F)(F)F)c2ccccc21.Cn1cc(C(O)(c2ccc3c(c2)[nH]c(=O)n3-c2ccc(F)cc2)C(F)(F)F)c2ccccc21.Nc1cc(Br)ccc1Nc1ccc(F)cc1.Nc1ccc(F)cc1.O=[N+]([O-])c1cc(Br)ccc1F.O=[N+]([O-])c1cc(Br)ccc1Nc1ccc(F)cc1.O=c1[nH]c2cc(Br)ccc2n1-c1ccc(F)cc1.[2H]CI.[CH2-]CCC.[Cl][Sn][Cl].[Li+]. The molecule has 138 heavy (non-hydrogen) atoms. The molecule has 724 valence electrons. The summed E-state index contributed by atoms with van der Waals surface area (Å²) in [5, 5.41) is 46.4. The predicted molar refractivity (Wildman–Crippen MR) is 541 cm³/mol. The second-order valence-corrected chi connectivity index (χ2v) is 36.0. The molecule has 22 nitrogen and oxygen atoms in total. The van der Waals surface area contributed by atoms with Gasteiger partial charge in [-0.15, -0.1) is 0 Å². The fraction of sp³-hybridized carbons (Fsp3) is 0.158. The van der Waals surface area contributed by atoms with Gasteiger partial charge in [-0.05, 0) is 236 Å². The summed E-state index contributed by atoms with van der Waals surface area (Å²) in [7, 11) is 13.1. The van der Waals surface area contributed by atoms with Crippen molar-refractivity contribution >= 4 is 218 Å². The number of nitrogens with zero attached hydrogens (tertiary/aromatic N) is 6. The molecule has 0 bridgehead atoms. The smallest absolute Gasteiger partial charge is 1.00 e. The normalized spacial score (nSPS) is 11.5. The molecule has 10 N–H and O–H groups in total. The Morgan fingerprint density at radius 3 is 1.34 bits per heavy atom. The molecular formula is C95H86Br4Cl2F12ILiN12O10Sn. The maximum absolute atomic E-state index is 14.4. The van der Waals surface area contributed by atoms with Gasteiger partial charge in [0.05, 0.1) is 60.2 Å². The number of ketones is 1. The average molecular weight is 2430 g/mol. The number of unbranched alkanes of at least 4 members (excludes halogenated alkanes) is 1. The van der Waals surface area contributed by atoms with Crippen molar-refractivity contribution in [3.05, 3.63) is 391 Å². The van der Waals surface area contributed by atoms with Crippen molar-refractivity contribution in [2.45, 2.75) is 57.5 Å². The van der Waals surface area contributed by atoms with Crippen LogP contribution in [0.5, 0.6) is 0 Å². The molecule has 17 rings (SSSR count). The van der Waals surface area contributed by atoms with Gasteiger partial charge in [0.2, 0.25) is 11.4 Å². The summed E-state index contributed by atoms with van der Waals surface area (Å²) in [6.07, 6.45) is -2.58. The van der Waals surface area contributed by atoms with Gasteiger partial charge < -0.3 is 63.1 Å². The molecule has 43 heteroatoms. The number of nitro groups is 2. The minimum Gasteiger partial charge on any atom is 1.00 e. The third kappa shape index (κ3) is 35.1. The number of aliphatic hydroxyl groups is 2. The van der Waals surface area contributed by atoms with Crippen LogP contribution in [0.1, 0.15) is 62.4 Å².